The third-order valence-corrected chi connectivity index (χ3v) is 6.96. The molecule has 27 heavy (non-hydrogen) atoms. The lowest BCUT2D eigenvalue weighted by Gasteiger charge is -2.51. The predicted molar refractivity (Wildman–Crippen MR) is 109 cm³/mol. The van der Waals surface area contributed by atoms with Crippen LogP contribution in [0.5, 0.6) is 11.5 Å². The molecule has 1 saturated carbocycles. The highest BCUT2D eigenvalue weighted by Crippen LogP contribution is 2.71. The lowest BCUT2D eigenvalue weighted by molar-refractivity contribution is 0.0368. The van der Waals surface area contributed by atoms with E-state index in [4.69, 9.17) is 14.9 Å². The SMILES string of the molecule is CC(C)N(C1Nc2cc3c(cc2C2(C)CC12C)OCO3)C(C)(C)/C=C\C=N. The summed E-state index contributed by atoms with van der Waals surface area (Å²) in [6.45, 7) is 14.0. The molecule has 2 aliphatic heterocycles. The van der Waals surface area contributed by atoms with Gasteiger partial charge in [-0.2, -0.15) is 0 Å². The molecule has 5 nitrogen and oxygen atoms in total. The van der Waals surface area contributed by atoms with Crippen molar-refractivity contribution in [2.45, 2.75) is 71.1 Å². The van der Waals surface area contributed by atoms with E-state index >= 15 is 0 Å². The van der Waals surface area contributed by atoms with E-state index in [2.05, 4.69) is 70.0 Å². The Bertz CT molecular complexity index is 816. The van der Waals surface area contributed by atoms with Crippen LogP contribution < -0.4 is 14.8 Å². The molecular weight excluding hydrogens is 338 g/mol. The largest absolute Gasteiger partial charge is 0.454 e. The van der Waals surface area contributed by atoms with E-state index in [-0.39, 0.29) is 22.5 Å². The van der Waals surface area contributed by atoms with Crippen LogP contribution in [0.25, 0.3) is 0 Å². The molecule has 2 N–H and O–H groups in total. The molecule has 0 bridgehead atoms. The zero-order valence-electron chi connectivity index (χ0n) is 17.2. The van der Waals surface area contributed by atoms with Gasteiger partial charge < -0.3 is 20.2 Å². The standard InChI is InChI=1S/C22H31N3O2/c1-14(2)25(20(3,4)8-7-9-23)19-22(6)12-21(22,5)15-10-17-18(27-13-26-17)11-16(15)24-19/h7-11,14,19,23-24H,12-13H2,1-6H3/b8-7-,23-9?. The molecule has 1 fully saturated rings. The molecule has 2 heterocycles. The molecule has 1 aromatic rings. The first-order valence-corrected chi connectivity index (χ1v) is 9.81. The predicted octanol–water partition coefficient (Wildman–Crippen LogP) is 4.53. The Morgan fingerprint density at radius 3 is 2.56 bits per heavy atom. The van der Waals surface area contributed by atoms with E-state index in [1.54, 1.807) is 0 Å². The van der Waals surface area contributed by atoms with E-state index in [0.717, 1.165) is 23.6 Å². The lowest BCUT2D eigenvalue weighted by atomic mass is 9.80. The maximum Gasteiger partial charge on any atom is 0.231 e. The quantitative estimate of drug-likeness (QED) is 0.749. The smallest absolute Gasteiger partial charge is 0.231 e. The summed E-state index contributed by atoms with van der Waals surface area (Å²) in [5.74, 6) is 1.69. The molecule has 0 saturated heterocycles. The third kappa shape index (κ3) is 2.51. The van der Waals surface area contributed by atoms with Crippen LogP contribution in [0.15, 0.2) is 24.3 Å². The van der Waals surface area contributed by atoms with Gasteiger partial charge in [-0.3, -0.25) is 4.90 Å². The van der Waals surface area contributed by atoms with Crippen LogP contribution in [-0.4, -0.2) is 35.7 Å². The van der Waals surface area contributed by atoms with Crippen molar-refractivity contribution in [3.05, 3.63) is 29.8 Å². The Morgan fingerprint density at radius 1 is 1.26 bits per heavy atom. The van der Waals surface area contributed by atoms with Crippen molar-refractivity contribution in [3.63, 3.8) is 0 Å². The summed E-state index contributed by atoms with van der Waals surface area (Å²) in [7, 11) is 0. The van der Waals surface area contributed by atoms with Gasteiger partial charge in [0.15, 0.2) is 11.5 Å². The topological polar surface area (TPSA) is 57.6 Å². The minimum Gasteiger partial charge on any atom is -0.454 e. The van der Waals surface area contributed by atoms with Crippen molar-refractivity contribution < 1.29 is 9.47 Å². The van der Waals surface area contributed by atoms with Gasteiger partial charge in [-0.25, -0.2) is 0 Å². The summed E-state index contributed by atoms with van der Waals surface area (Å²) in [5, 5.41) is 11.2. The van der Waals surface area contributed by atoms with E-state index < -0.39 is 0 Å². The zero-order chi connectivity index (χ0) is 19.6. The fourth-order valence-corrected chi connectivity index (χ4v) is 5.36. The third-order valence-electron chi connectivity index (χ3n) is 6.96. The van der Waals surface area contributed by atoms with Crippen molar-refractivity contribution in [1.82, 2.24) is 4.90 Å². The van der Waals surface area contributed by atoms with E-state index in [0.29, 0.717) is 12.8 Å². The first-order valence-electron chi connectivity index (χ1n) is 9.81. The molecule has 0 aromatic heterocycles. The molecular formula is C22H31N3O2. The molecule has 1 aromatic carbocycles. The molecule has 4 rings (SSSR count). The summed E-state index contributed by atoms with van der Waals surface area (Å²) >= 11 is 0. The van der Waals surface area contributed by atoms with Gasteiger partial charge in [0, 0.05) is 40.4 Å². The monoisotopic (exact) mass is 369 g/mol. The number of hydrogen-bond donors (Lipinski definition) is 2. The van der Waals surface area contributed by atoms with Crippen LogP contribution in [0.2, 0.25) is 0 Å². The maximum atomic E-state index is 7.39. The van der Waals surface area contributed by atoms with E-state index in [1.807, 2.05) is 6.08 Å². The number of rotatable bonds is 5. The number of nitrogens with zero attached hydrogens (tertiary/aromatic N) is 1. The number of ether oxygens (including phenoxy) is 2. The van der Waals surface area contributed by atoms with Crippen LogP contribution >= 0.6 is 0 Å². The summed E-state index contributed by atoms with van der Waals surface area (Å²) in [6.07, 6.45) is 6.64. The Kier molecular flexibility index (Phi) is 3.90. The fraction of sp³-hybridized carbons (Fsp3) is 0.591. The molecule has 1 aliphatic carbocycles. The highest BCUT2D eigenvalue weighted by atomic mass is 16.7. The Hall–Kier alpha value is -2.01. The van der Waals surface area contributed by atoms with Gasteiger partial charge in [-0.15, -0.1) is 0 Å². The lowest BCUT2D eigenvalue weighted by Crippen LogP contribution is -2.60. The molecule has 3 aliphatic rings. The zero-order valence-corrected chi connectivity index (χ0v) is 17.2. The number of fused-ring (bicyclic) bond motifs is 4. The second kappa shape index (κ2) is 5.74. The number of anilines is 1. The van der Waals surface area contributed by atoms with E-state index in [1.165, 1.54) is 11.8 Å². The van der Waals surface area contributed by atoms with Gasteiger partial charge >= 0.3 is 0 Å². The van der Waals surface area contributed by atoms with Crippen molar-refractivity contribution in [2.75, 3.05) is 12.1 Å². The highest BCUT2D eigenvalue weighted by Gasteiger charge is 2.70. The molecule has 5 heteroatoms. The van der Waals surface area contributed by atoms with Gasteiger partial charge in [0.2, 0.25) is 6.79 Å². The van der Waals surface area contributed by atoms with E-state index in [9.17, 15) is 0 Å². The van der Waals surface area contributed by atoms with Crippen LogP contribution in [0.3, 0.4) is 0 Å². The van der Waals surface area contributed by atoms with Crippen molar-refractivity contribution in [1.29, 1.82) is 5.41 Å². The minimum atomic E-state index is -0.177. The fourth-order valence-electron chi connectivity index (χ4n) is 5.36. The van der Waals surface area contributed by atoms with Gasteiger partial charge in [-0.05, 0) is 51.8 Å². The van der Waals surface area contributed by atoms with Gasteiger partial charge in [0.1, 0.15) is 0 Å². The highest BCUT2D eigenvalue weighted by molar-refractivity contribution is 5.69. The van der Waals surface area contributed by atoms with Crippen LogP contribution in [0.4, 0.5) is 5.69 Å². The number of nitrogens with one attached hydrogen (secondary N) is 2. The van der Waals surface area contributed by atoms with Crippen molar-refractivity contribution in [3.8, 4) is 11.5 Å². The van der Waals surface area contributed by atoms with Crippen LogP contribution in [0.1, 0.15) is 53.5 Å². The first-order chi connectivity index (χ1) is 12.6. The second-order valence-electron chi connectivity index (χ2n) is 9.40. The van der Waals surface area contributed by atoms with Crippen LogP contribution in [0, 0.1) is 10.8 Å². The van der Waals surface area contributed by atoms with Gasteiger partial charge in [0.05, 0.1) is 6.17 Å². The average Bonchev–Trinajstić information content (AvgIpc) is 2.95. The Morgan fingerprint density at radius 2 is 1.93 bits per heavy atom. The molecule has 0 amide bonds. The van der Waals surface area contributed by atoms with Gasteiger partial charge in [-0.1, -0.05) is 19.9 Å². The molecule has 146 valence electrons. The average molecular weight is 370 g/mol. The first kappa shape index (κ1) is 18.4. The normalized spacial score (nSPS) is 31.0. The minimum absolute atomic E-state index is 0.119. The van der Waals surface area contributed by atoms with Gasteiger partial charge in [0.25, 0.3) is 0 Å². The number of benzene rings is 1. The Labute approximate surface area is 162 Å². The van der Waals surface area contributed by atoms with Crippen molar-refractivity contribution in [2.24, 2.45) is 5.41 Å². The summed E-state index contributed by atoms with van der Waals surface area (Å²) in [5.41, 5.74) is 2.56. The summed E-state index contributed by atoms with van der Waals surface area (Å²) < 4.78 is 11.3. The molecule has 3 unspecified atom stereocenters. The molecule has 3 atom stereocenters. The van der Waals surface area contributed by atoms with Crippen LogP contribution in [-0.2, 0) is 5.41 Å². The molecule has 0 spiro atoms. The van der Waals surface area contributed by atoms with Crippen molar-refractivity contribution >= 4 is 11.9 Å². The second-order valence-corrected chi connectivity index (χ2v) is 9.40. The Balaban J connectivity index is 1.78. The maximum absolute atomic E-state index is 7.39. The number of allylic oxidation sites excluding steroid dienone is 1. The summed E-state index contributed by atoms with van der Waals surface area (Å²) in [4.78, 5) is 2.55. The number of hydrogen-bond acceptors (Lipinski definition) is 5. The molecule has 0 radical (unpaired) electrons. The summed E-state index contributed by atoms with van der Waals surface area (Å²) in [6, 6.07) is 4.63.